The average molecular weight is 505 g/mol. The fraction of sp³-hybridized carbons (Fsp3) is 0.619. The van der Waals surface area contributed by atoms with E-state index >= 15 is 0 Å². The third-order valence-corrected chi connectivity index (χ3v) is 8.05. The fourth-order valence-corrected chi connectivity index (χ4v) is 6.39. The molecule has 1 N–H and O–H groups in total. The molecular weight excluding hydrogens is 478 g/mol. The van der Waals surface area contributed by atoms with E-state index in [0.717, 1.165) is 4.31 Å². The Morgan fingerprint density at radius 1 is 1.33 bits per heavy atom. The molecule has 1 amide bonds. The Hall–Kier alpha value is -1.82. The molecule has 0 saturated carbocycles. The summed E-state index contributed by atoms with van der Waals surface area (Å²) in [6, 6.07) is 1.33. The lowest BCUT2D eigenvalue weighted by Gasteiger charge is -2.37. The van der Waals surface area contributed by atoms with Crippen LogP contribution in [0.3, 0.4) is 0 Å². The van der Waals surface area contributed by atoms with Crippen molar-refractivity contribution in [1.29, 1.82) is 0 Å². The molecule has 1 unspecified atom stereocenters. The summed E-state index contributed by atoms with van der Waals surface area (Å²) >= 11 is 6.39. The Bertz CT molecular complexity index is 1200. The van der Waals surface area contributed by atoms with Crippen LogP contribution in [0.5, 0.6) is 0 Å². The van der Waals surface area contributed by atoms with Crippen LogP contribution in [0, 0.1) is 0 Å². The molecule has 2 aliphatic heterocycles. The number of hydrogen-bond donors (Lipinski definition) is 1. The molecule has 4 rings (SSSR count). The molecule has 8 nitrogen and oxygen atoms in total. The van der Waals surface area contributed by atoms with Crippen LogP contribution in [-0.2, 0) is 14.8 Å². The summed E-state index contributed by atoms with van der Waals surface area (Å²) in [6.45, 7) is 6.20. The molecule has 182 valence electrons. The van der Waals surface area contributed by atoms with Gasteiger partial charge in [0.1, 0.15) is 5.65 Å². The molecule has 0 radical (unpaired) electrons. The van der Waals surface area contributed by atoms with Gasteiger partial charge in [-0.2, -0.15) is 4.31 Å². The molecule has 33 heavy (non-hydrogen) atoms. The number of imidazole rings is 1. The van der Waals surface area contributed by atoms with Crippen LogP contribution >= 0.6 is 11.6 Å². The van der Waals surface area contributed by atoms with Crippen LogP contribution in [-0.4, -0.2) is 65.3 Å². The van der Waals surface area contributed by atoms with Crippen molar-refractivity contribution in [2.75, 3.05) is 19.7 Å². The van der Waals surface area contributed by atoms with E-state index in [1.165, 1.54) is 16.7 Å². The van der Waals surface area contributed by atoms with Crippen molar-refractivity contribution in [3.05, 3.63) is 28.5 Å². The van der Waals surface area contributed by atoms with Gasteiger partial charge in [0.25, 0.3) is 21.9 Å². The summed E-state index contributed by atoms with van der Waals surface area (Å²) in [5.74, 6) is -3.75. The lowest BCUT2D eigenvalue weighted by Crippen LogP contribution is -2.58. The Morgan fingerprint density at radius 2 is 2.00 bits per heavy atom. The third kappa shape index (κ3) is 4.60. The highest BCUT2D eigenvalue weighted by molar-refractivity contribution is 7.89. The Labute approximate surface area is 196 Å². The number of sulfonamides is 1. The molecular formula is C21H27ClF2N4O4S. The van der Waals surface area contributed by atoms with E-state index in [-0.39, 0.29) is 44.5 Å². The first kappa shape index (κ1) is 24.3. The number of amides is 1. The van der Waals surface area contributed by atoms with E-state index in [4.69, 9.17) is 16.3 Å². The second-order valence-corrected chi connectivity index (χ2v) is 11.9. The molecule has 1 atom stereocenters. The SMILES string of the molecule is CC(C)c1nc2cc(C(=O)NC3CCOC(C)(C)C3)c(Cl)cn2c1S(=O)(=O)N1CC(F)(F)C1. The number of hydrogen-bond acceptors (Lipinski definition) is 5. The van der Waals surface area contributed by atoms with Gasteiger partial charge in [-0.25, -0.2) is 22.2 Å². The zero-order valence-electron chi connectivity index (χ0n) is 18.9. The normalized spacial score (nSPS) is 23.0. The number of nitrogens with zero attached hydrogens (tertiary/aromatic N) is 3. The van der Waals surface area contributed by atoms with Gasteiger partial charge in [0, 0.05) is 18.8 Å². The monoisotopic (exact) mass is 504 g/mol. The number of pyridine rings is 1. The molecule has 2 fully saturated rings. The van der Waals surface area contributed by atoms with Gasteiger partial charge in [0.15, 0.2) is 5.03 Å². The summed E-state index contributed by atoms with van der Waals surface area (Å²) in [5, 5.41) is 2.79. The number of carbonyl (C=O) groups is 1. The van der Waals surface area contributed by atoms with Crippen molar-refractivity contribution in [3.63, 3.8) is 0 Å². The molecule has 2 aliphatic rings. The van der Waals surface area contributed by atoms with Gasteiger partial charge in [-0.15, -0.1) is 0 Å². The van der Waals surface area contributed by atoms with Gasteiger partial charge in [0.05, 0.1) is 35.0 Å². The number of carbonyl (C=O) groups excluding carboxylic acids is 1. The van der Waals surface area contributed by atoms with Crippen molar-refractivity contribution in [2.24, 2.45) is 0 Å². The maximum Gasteiger partial charge on any atom is 0.275 e. The van der Waals surface area contributed by atoms with Gasteiger partial charge < -0.3 is 10.1 Å². The molecule has 2 aromatic rings. The number of nitrogens with one attached hydrogen (secondary N) is 1. The van der Waals surface area contributed by atoms with Gasteiger partial charge in [0.2, 0.25) is 0 Å². The average Bonchev–Trinajstić information content (AvgIpc) is 3.04. The smallest absolute Gasteiger partial charge is 0.275 e. The van der Waals surface area contributed by atoms with Gasteiger partial charge in [-0.1, -0.05) is 25.4 Å². The quantitative estimate of drug-likeness (QED) is 0.673. The van der Waals surface area contributed by atoms with E-state index in [9.17, 15) is 22.0 Å². The van der Waals surface area contributed by atoms with Crippen LogP contribution in [0.4, 0.5) is 8.78 Å². The number of halogens is 3. The highest BCUT2D eigenvalue weighted by Crippen LogP contribution is 2.36. The maximum absolute atomic E-state index is 13.4. The summed E-state index contributed by atoms with van der Waals surface area (Å²) in [7, 11) is -4.24. The summed E-state index contributed by atoms with van der Waals surface area (Å²) in [6.07, 6.45) is 2.62. The van der Waals surface area contributed by atoms with Gasteiger partial charge in [-0.05, 0) is 38.7 Å². The number of rotatable bonds is 5. The summed E-state index contributed by atoms with van der Waals surface area (Å²) in [5.41, 5.74) is 0.237. The van der Waals surface area contributed by atoms with Crippen LogP contribution < -0.4 is 5.32 Å². The lowest BCUT2D eigenvalue weighted by atomic mass is 9.94. The first-order valence-corrected chi connectivity index (χ1v) is 12.6. The molecule has 4 heterocycles. The first-order chi connectivity index (χ1) is 15.2. The zero-order chi connectivity index (χ0) is 24.3. The molecule has 2 saturated heterocycles. The van der Waals surface area contributed by atoms with Crippen molar-refractivity contribution >= 4 is 33.2 Å². The summed E-state index contributed by atoms with van der Waals surface area (Å²) < 4.78 is 60.7. The molecule has 12 heteroatoms. The molecule has 0 spiro atoms. The highest BCUT2D eigenvalue weighted by atomic mass is 35.5. The Kier molecular flexibility index (Phi) is 6.00. The van der Waals surface area contributed by atoms with Crippen molar-refractivity contribution in [3.8, 4) is 0 Å². The van der Waals surface area contributed by atoms with Crippen LogP contribution in [0.15, 0.2) is 17.3 Å². The number of aromatic nitrogens is 2. The van der Waals surface area contributed by atoms with Gasteiger partial charge >= 0.3 is 0 Å². The van der Waals surface area contributed by atoms with E-state index in [0.29, 0.717) is 19.4 Å². The van der Waals surface area contributed by atoms with Crippen molar-refractivity contribution in [1.82, 2.24) is 19.0 Å². The van der Waals surface area contributed by atoms with E-state index < -0.39 is 34.9 Å². The largest absolute Gasteiger partial charge is 0.375 e. The summed E-state index contributed by atoms with van der Waals surface area (Å²) in [4.78, 5) is 17.4. The van der Waals surface area contributed by atoms with Crippen molar-refractivity contribution < 1.29 is 26.7 Å². The minimum Gasteiger partial charge on any atom is -0.375 e. The highest BCUT2D eigenvalue weighted by Gasteiger charge is 2.51. The number of fused-ring (bicyclic) bond motifs is 1. The van der Waals surface area contributed by atoms with Crippen LogP contribution in [0.25, 0.3) is 5.65 Å². The predicted molar refractivity (Wildman–Crippen MR) is 119 cm³/mol. The number of alkyl halides is 2. The molecule has 0 bridgehead atoms. The number of ether oxygens (including phenoxy) is 1. The fourth-order valence-electron chi connectivity index (χ4n) is 4.25. The Balaban J connectivity index is 1.70. The standard InChI is InChI=1S/C21H27ClF2N4O4S/c1-12(2)17-19(33(30,31)27-10-21(23,24)11-27)28-9-15(22)14(7-16(28)26-17)18(29)25-13-5-6-32-20(3,4)8-13/h7,9,12-13H,5-6,8,10-11H2,1-4H3,(H,25,29). The van der Waals surface area contributed by atoms with Crippen LogP contribution in [0.2, 0.25) is 5.02 Å². The zero-order valence-corrected chi connectivity index (χ0v) is 20.4. The first-order valence-electron chi connectivity index (χ1n) is 10.7. The topological polar surface area (TPSA) is 93.0 Å². The van der Waals surface area contributed by atoms with Crippen molar-refractivity contribution in [2.45, 2.75) is 69.0 Å². The maximum atomic E-state index is 13.4. The molecule has 0 aromatic carbocycles. The Morgan fingerprint density at radius 3 is 2.58 bits per heavy atom. The second-order valence-electron chi connectivity index (χ2n) is 9.62. The minimum absolute atomic E-state index is 0.0319. The van der Waals surface area contributed by atoms with Gasteiger partial charge in [-0.3, -0.25) is 9.20 Å². The van der Waals surface area contributed by atoms with E-state index in [1.807, 2.05) is 13.8 Å². The third-order valence-electron chi connectivity index (χ3n) is 5.92. The lowest BCUT2D eigenvalue weighted by molar-refractivity contribution is -0.0946. The van der Waals surface area contributed by atoms with E-state index in [1.54, 1.807) is 13.8 Å². The van der Waals surface area contributed by atoms with E-state index in [2.05, 4.69) is 10.3 Å². The predicted octanol–water partition coefficient (Wildman–Crippen LogP) is 3.44. The minimum atomic E-state index is -4.24. The molecule has 0 aliphatic carbocycles. The van der Waals surface area contributed by atoms with Crippen LogP contribution in [0.1, 0.15) is 62.5 Å². The molecule has 2 aromatic heterocycles. The second kappa shape index (κ2) is 8.14.